The highest BCUT2D eigenvalue weighted by atomic mass is 16.3. The number of hydrogen-bond acceptors (Lipinski definition) is 2. The molecule has 1 aliphatic rings. The maximum Gasteiger partial charge on any atom is 0.140 e. The van der Waals surface area contributed by atoms with Crippen molar-refractivity contribution in [3.63, 3.8) is 0 Å². The van der Waals surface area contributed by atoms with Crippen LogP contribution < -0.4 is 0 Å². The molecule has 0 N–H and O–H groups in total. The van der Waals surface area contributed by atoms with Crippen molar-refractivity contribution in [2.24, 2.45) is 0 Å². The van der Waals surface area contributed by atoms with Crippen LogP contribution in [0, 0.1) is 0 Å². The van der Waals surface area contributed by atoms with Gasteiger partial charge in [-0.3, -0.25) is 4.57 Å². The fraction of sp³-hybridized carbons (Fsp3) is 0.121. The number of rotatable bonds is 1. The monoisotopic (exact) mass is 466 g/mol. The summed E-state index contributed by atoms with van der Waals surface area (Å²) in [5.74, 6) is 0.894. The molecule has 0 aliphatic heterocycles. The Hall–Kier alpha value is -4.37. The molecule has 7 rings (SSSR count). The van der Waals surface area contributed by atoms with Gasteiger partial charge in [-0.05, 0) is 41.7 Å². The van der Waals surface area contributed by atoms with E-state index in [4.69, 9.17) is 9.40 Å². The fourth-order valence-corrected chi connectivity index (χ4v) is 5.91. The largest absolute Gasteiger partial charge is 0.456 e. The third-order valence-corrected chi connectivity index (χ3v) is 7.48. The molecule has 3 aromatic heterocycles. The molecule has 36 heavy (non-hydrogen) atoms. The maximum absolute atomic E-state index is 6.73. The van der Waals surface area contributed by atoms with E-state index in [0.29, 0.717) is 0 Å². The lowest BCUT2D eigenvalue weighted by Crippen LogP contribution is -2.19. The van der Waals surface area contributed by atoms with E-state index in [1.165, 1.54) is 21.7 Å². The van der Waals surface area contributed by atoms with Crippen molar-refractivity contribution < 1.29 is 4.42 Å². The van der Waals surface area contributed by atoms with Gasteiger partial charge in [-0.2, -0.15) is 0 Å². The zero-order valence-electron chi connectivity index (χ0n) is 20.5. The molecule has 1 aliphatic carbocycles. The molecule has 0 saturated carbocycles. The van der Waals surface area contributed by atoms with Crippen molar-refractivity contribution in [1.82, 2.24) is 9.55 Å². The van der Waals surface area contributed by atoms with Gasteiger partial charge in [0.1, 0.15) is 17.0 Å². The van der Waals surface area contributed by atoms with Crippen LogP contribution in [0.5, 0.6) is 0 Å². The summed E-state index contributed by atoms with van der Waals surface area (Å²) >= 11 is 0. The van der Waals surface area contributed by atoms with Gasteiger partial charge in [-0.25, -0.2) is 4.98 Å². The minimum atomic E-state index is -0.188. The van der Waals surface area contributed by atoms with E-state index in [0.717, 1.165) is 51.0 Å². The van der Waals surface area contributed by atoms with E-state index in [9.17, 15) is 0 Å². The van der Waals surface area contributed by atoms with Crippen LogP contribution in [0.1, 0.15) is 31.4 Å². The van der Waals surface area contributed by atoms with Crippen LogP contribution in [-0.2, 0) is 5.41 Å². The third-order valence-electron chi connectivity index (χ3n) is 7.48. The van der Waals surface area contributed by atoms with Gasteiger partial charge < -0.3 is 4.42 Å². The number of furan rings is 1. The molecule has 0 spiro atoms. The second-order valence-corrected chi connectivity index (χ2v) is 10.2. The van der Waals surface area contributed by atoms with E-state index < -0.39 is 0 Å². The molecule has 3 aromatic carbocycles. The third kappa shape index (κ3) is 2.83. The van der Waals surface area contributed by atoms with Crippen molar-refractivity contribution in [2.45, 2.75) is 25.7 Å². The Bertz CT molecular complexity index is 1890. The lowest BCUT2D eigenvalue weighted by atomic mass is 9.76. The summed E-state index contributed by atoms with van der Waals surface area (Å²) in [4.78, 5) is 4.80. The number of nitrogens with zero attached hydrogens (tertiary/aromatic N) is 2. The molecule has 0 radical (unpaired) electrons. The molecule has 0 amide bonds. The smallest absolute Gasteiger partial charge is 0.140 e. The summed E-state index contributed by atoms with van der Waals surface area (Å²) in [6.07, 6.45) is 11.3. The standard InChI is InChI=1S/C33H26N2O/c1-21-13-5-4-11-19-33(2,3)30-27(21)31-28(29-23-15-7-9-17-25(23)36-32(29)30)22-14-6-8-16-24(22)35(31)26-18-10-12-20-34-26/h4-18,20H,1,19H2,2-3H3/b11-4-,13-5-. The Morgan fingerprint density at radius 2 is 1.67 bits per heavy atom. The van der Waals surface area contributed by atoms with Crippen LogP contribution in [0.4, 0.5) is 0 Å². The fourth-order valence-electron chi connectivity index (χ4n) is 5.91. The number of aromatic nitrogens is 2. The van der Waals surface area contributed by atoms with Gasteiger partial charge in [0.05, 0.1) is 11.0 Å². The summed E-state index contributed by atoms with van der Waals surface area (Å²) in [5, 5.41) is 4.67. The summed E-state index contributed by atoms with van der Waals surface area (Å²) in [6.45, 7) is 9.20. The Balaban J connectivity index is 1.86. The molecule has 3 nitrogen and oxygen atoms in total. The quantitative estimate of drug-likeness (QED) is 0.242. The zero-order valence-corrected chi connectivity index (χ0v) is 20.5. The molecule has 0 atom stereocenters. The Kier molecular flexibility index (Phi) is 4.40. The molecule has 0 unspecified atom stereocenters. The summed E-state index contributed by atoms with van der Waals surface area (Å²) in [7, 11) is 0. The van der Waals surface area contributed by atoms with Gasteiger partial charge >= 0.3 is 0 Å². The van der Waals surface area contributed by atoms with Crippen LogP contribution in [0.2, 0.25) is 0 Å². The topological polar surface area (TPSA) is 31.0 Å². The average molecular weight is 467 g/mol. The second-order valence-electron chi connectivity index (χ2n) is 10.2. The first-order valence-electron chi connectivity index (χ1n) is 12.4. The normalized spacial score (nSPS) is 17.2. The number of para-hydroxylation sites is 2. The van der Waals surface area contributed by atoms with Gasteiger partial charge in [0.15, 0.2) is 0 Å². The van der Waals surface area contributed by atoms with Gasteiger partial charge in [0.25, 0.3) is 0 Å². The van der Waals surface area contributed by atoms with Crippen LogP contribution in [0.3, 0.4) is 0 Å². The van der Waals surface area contributed by atoms with Crippen molar-refractivity contribution >= 4 is 49.3 Å². The molecular weight excluding hydrogens is 440 g/mol. The number of hydrogen-bond donors (Lipinski definition) is 0. The van der Waals surface area contributed by atoms with Gasteiger partial charge in [0, 0.05) is 38.9 Å². The SMILES string of the molecule is C=C1/C=C\C=C/CC(C)(C)c2c1c1c(c3ccccc3n1-c1ccccn1)c1c2oc2ccccc21. The molecule has 174 valence electrons. The van der Waals surface area contributed by atoms with E-state index in [-0.39, 0.29) is 5.41 Å². The van der Waals surface area contributed by atoms with Gasteiger partial charge in [-0.1, -0.05) is 87.2 Å². The molecule has 6 aromatic rings. The van der Waals surface area contributed by atoms with E-state index >= 15 is 0 Å². The summed E-state index contributed by atoms with van der Waals surface area (Å²) in [6, 6.07) is 23.1. The Labute approximate surface area is 209 Å². The first-order chi connectivity index (χ1) is 17.6. The molecule has 0 bridgehead atoms. The molecular formula is C33H26N2O. The average Bonchev–Trinajstić information content (AvgIpc) is 3.44. The highest BCUT2D eigenvalue weighted by Crippen LogP contribution is 2.50. The molecule has 3 heteroatoms. The van der Waals surface area contributed by atoms with E-state index in [1.807, 2.05) is 24.4 Å². The van der Waals surface area contributed by atoms with Crippen LogP contribution in [-0.4, -0.2) is 9.55 Å². The van der Waals surface area contributed by atoms with Crippen LogP contribution >= 0.6 is 0 Å². The van der Waals surface area contributed by atoms with Crippen LogP contribution in [0.15, 0.2) is 108 Å². The molecule has 0 fully saturated rings. The van der Waals surface area contributed by atoms with Crippen molar-refractivity contribution in [1.29, 1.82) is 0 Å². The predicted octanol–water partition coefficient (Wildman–Crippen LogP) is 8.88. The van der Waals surface area contributed by atoms with E-state index in [2.05, 4.69) is 97.8 Å². The number of allylic oxidation sites excluding steroid dienone is 5. The minimum absolute atomic E-state index is 0.188. The van der Waals surface area contributed by atoms with Gasteiger partial charge in [0.2, 0.25) is 0 Å². The summed E-state index contributed by atoms with van der Waals surface area (Å²) < 4.78 is 9.04. The predicted molar refractivity (Wildman–Crippen MR) is 151 cm³/mol. The Morgan fingerprint density at radius 1 is 0.889 bits per heavy atom. The highest BCUT2D eigenvalue weighted by Gasteiger charge is 2.33. The number of benzene rings is 3. The summed E-state index contributed by atoms with van der Waals surface area (Å²) in [5.41, 5.74) is 7.23. The Morgan fingerprint density at radius 3 is 2.50 bits per heavy atom. The molecule has 0 saturated heterocycles. The van der Waals surface area contributed by atoms with Crippen molar-refractivity contribution in [3.05, 3.63) is 115 Å². The first-order valence-corrected chi connectivity index (χ1v) is 12.4. The first kappa shape index (κ1) is 21.0. The zero-order chi connectivity index (χ0) is 24.4. The minimum Gasteiger partial charge on any atom is -0.456 e. The molecule has 3 heterocycles. The number of fused-ring (bicyclic) bond motifs is 10. The lowest BCUT2D eigenvalue weighted by Gasteiger charge is -2.28. The van der Waals surface area contributed by atoms with Crippen molar-refractivity contribution in [2.75, 3.05) is 0 Å². The van der Waals surface area contributed by atoms with Crippen LogP contribution in [0.25, 0.3) is 55.1 Å². The number of pyridine rings is 1. The van der Waals surface area contributed by atoms with Crippen molar-refractivity contribution in [3.8, 4) is 5.82 Å². The van der Waals surface area contributed by atoms with E-state index in [1.54, 1.807) is 0 Å². The second kappa shape index (κ2) is 7.56. The lowest BCUT2D eigenvalue weighted by molar-refractivity contribution is 0.525. The maximum atomic E-state index is 6.73. The van der Waals surface area contributed by atoms with Gasteiger partial charge in [-0.15, -0.1) is 0 Å². The highest BCUT2D eigenvalue weighted by molar-refractivity contribution is 6.30.